The smallest absolute Gasteiger partial charge is 0.219 e. The number of hydrogen-bond donors (Lipinski definition) is 2. The van der Waals surface area contributed by atoms with Crippen LogP contribution in [-0.4, -0.2) is 10.8 Å². The lowest BCUT2D eigenvalue weighted by Crippen LogP contribution is -2.11. The van der Waals surface area contributed by atoms with Gasteiger partial charge in [0, 0.05) is 36.0 Å². The molecule has 0 spiro atoms. The molecule has 4 nitrogen and oxygen atoms in total. The number of rotatable bonds is 3. The van der Waals surface area contributed by atoms with Crippen LogP contribution < -0.4 is 10.5 Å². The minimum absolute atomic E-state index is 0.0132. The number of nitrogen functional groups attached to an aromatic ring is 1. The number of nitrogens with one attached hydrogen (secondary N) is 1. The van der Waals surface area contributed by atoms with E-state index in [0.717, 1.165) is 18.2 Å². The number of halogens is 2. The highest BCUT2D eigenvalue weighted by Gasteiger charge is 2.05. The van der Waals surface area contributed by atoms with E-state index in [2.05, 4.69) is 4.98 Å². The molecule has 0 fully saturated rings. The van der Waals surface area contributed by atoms with Gasteiger partial charge in [0.2, 0.25) is 5.88 Å². The van der Waals surface area contributed by atoms with Crippen molar-refractivity contribution >= 4 is 5.84 Å². The molecule has 0 saturated carbocycles. The predicted octanol–water partition coefficient (Wildman–Crippen LogP) is 2.44. The molecule has 92 valence electrons. The van der Waals surface area contributed by atoms with Crippen LogP contribution in [0, 0.1) is 17.0 Å². The first-order chi connectivity index (χ1) is 8.54. The molecule has 0 radical (unpaired) electrons. The molecule has 18 heavy (non-hydrogen) atoms. The molecule has 0 saturated heterocycles. The van der Waals surface area contributed by atoms with E-state index in [0.29, 0.717) is 5.56 Å². The summed E-state index contributed by atoms with van der Waals surface area (Å²) in [5, 5.41) is 7.25. The highest BCUT2D eigenvalue weighted by atomic mass is 19.1. The molecule has 2 aromatic rings. The van der Waals surface area contributed by atoms with E-state index in [4.69, 9.17) is 15.9 Å². The van der Waals surface area contributed by atoms with E-state index >= 15 is 0 Å². The highest BCUT2D eigenvalue weighted by Crippen LogP contribution is 2.22. The number of amidine groups is 1. The molecule has 0 atom stereocenters. The number of ether oxygens (including phenoxy) is 1. The van der Waals surface area contributed by atoms with Crippen molar-refractivity contribution in [1.82, 2.24) is 4.98 Å². The topological polar surface area (TPSA) is 72.0 Å². The third-order valence-electron chi connectivity index (χ3n) is 2.10. The van der Waals surface area contributed by atoms with Crippen molar-refractivity contribution in [3.8, 4) is 11.6 Å². The summed E-state index contributed by atoms with van der Waals surface area (Å²) >= 11 is 0. The molecule has 1 aromatic carbocycles. The van der Waals surface area contributed by atoms with Crippen molar-refractivity contribution in [3.05, 3.63) is 53.7 Å². The van der Waals surface area contributed by atoms with Crippen LogP contribution in [0.3, 0.4) is 0 Å². The molecule has 0 bridgehead atoms. The summed E-state index contributed by atoms with van der Waals surface area (Å²) in [6, 6.07) is 5.75. The van der Waals surface area contributed by atoms with Gasteiger partial charge in [-0.2, -0.15) is 0 Å². The van der Waals surface area contributed by atoms with Crippen molar-refractivity contribution < 1.29 is 13.5 Å². The van der Waals surface area contributed by atoms with E-state index in [9.17, 15) is 8.78 Å². The second kappa shape index (κ2) is 4.79. The molecular weight excluding hydrogens is 240 g/mol. The van der Waals surface area contributed by atoms with Gasteiger partial charge in [-0.15, -0.1) is 0 Å². The maximum atomic E-state index is 12.9. The first kappa shape index (κ1) is 12.0. The zero-order valence-corrected chi connectivity index (χ0v) is 9.15. The molecule has 0 aliphatic heterocycles. The van der Waals surface area contributed by atoms with Gasteiger partial charge in [0.15, 0.2) is 0 Å². The first-order valence-corrected chi connectivity index (χ1v) is 4.99. The van der Waals surface area contributed by atoms with Gasteiger partial charge in [-0.1, -0.05) is 0 Å². The van der Waals surface area contributed by atoms with Crippen molar-refractivity contribution in [2.75, 3.05) is 0 Å². The number of pyridine rings is 1. The van der Waals surface area contributed by atoms with Crippen LogP contribution in [0.25, 0.3) is 0 Å². The summed E-state index contributed by atoms with van der Waals surface area (Å²) < 4.78 is 31.1. The van der Waals surface area contributed by atoms with E-state index < -0.39 is 11.6 Å². The Labute approximate surface area is 102 Å². The Balaban J connectivity index is 2.28. The molecule has 2 rings (SSSR count). The lowest BCUT2D eigenvalue weighted by Gasteiger charge is -2.06. The molecule has 1 heterocycles. The van der Waals surface area contributed by atoms with Gasteiger partial charge in [0.1, 0.15) is 23.2 Å². The minimum Gasteiger partial charge on any atom is -0.439 e. The Morgan fingerprint density at radius 2 is 1.83 bits per heavy atom. The number of aromatic nitrogens is 1. The van der Waals surface area contributed by atoms with Gasteiger partial charge in [0.25, 0.3) is 0 Å². The number of nitrogens with two attached hydrogens (primary N) is 1. The normalized spacial score (nSPS) is 10.1. The van der Waals surface area contributed by atoms with Gasteiger partial charge in [-0.05, 0) is 6.07 Å². The minimum atomic E-state index is -0.743. The summed E-state index contributed by atoms with van der Waals surface area (Å²) in [6.07, 6.45) is 1.39. The van der Waals surface area contributed by atoms with Crippen molar-refractivity contribution in [3.63, 3.8) is 0 Å². The first-order valence-electron chi connectivity index (χ1n) is 4.99. The van der Waals surface area contributed by atoms with E-state index in [-0.39, 0.29) is 17.5 Å². The van der Waals surface area contributed by atoms with Gasteiger partial charge >= 0.3 is 0 Å². The molecule has 3 N–H and O–H groups in total. The summed E-state index contributed by atoms with van der Waals surface area (Å²) in [6.45, 7) is 0. The van der Waals surface area contributed by atoms with Crippen LogP contribution in [0.5, 0.6) is 11.6 Å². The van der Waals surface area contributed by atoms with Gasteiger partial charge < -0.3 is 10.5 Å². The van der Waals surface area contributed by atoms with Crippen LogP contribution in [0.15, 0.2) is 36.5 Å². The predicted molar refractivity (Wildman–Crippen MR) is 61.7 cm³/mol. The fraction of sp³-hybridized carbons (Fsp3) is 0. The Morgan fingerprint density at radius 3 is 2.44 bits per heavy atom. The van der Waals surface area contributed by atoms with Gasteiger partial charge in [-0.25, -0.2) is 13.8 Å². The Kier molecular flexibility index (Phi) is 3.18. The van der Waals surface area contributed by atoms with Crippen LogP contribution in [0.1, 0.15) is 5.56 Å². The average Bonchev–Trinajstić information content (AvgIpc) is 2.27. The number of benzene rings is 1. The largest absolute Gasteiger partial charge is 0.439 e. The maximum absolute atomic E-state index is 12.9. The summed E-state index contributed by atoms with van der Waals surface area (Å²) in [7, 11) is 0. The molecule has 6 heteroatoms. The van der Waals surface area contributed by atoms with Crippen LogP contribution >= 0.6 is 0 Å². The monoisotopic (exact) mass is 249 g/mol. The molecule has 1 aromatic heterocycles. The lowest BCUT2D eigenvalue weighted by molar-refractivity contribution is 0.451. The fourth-order valence-electron chi connectivity index (χ4n) is 1.34. The molecule has 0 aliphatic rings. The summed E-state index contributed by atoms with van der Waals surface area (Å²) in [4.78, 5) is 3.86. The second-order valence-corrected chi connectivity index (χ2v) is 3.50. The van der Waals surface area contributed by atoms with Crippen molar-refractivity contribution in [2.45, 2.75) is 0 Å². The fourth-order valence-corrected chi connectivity index (χ4v) is 1.34. The summed E-state index contributed by atoms with van der Waals surface area (Å²) in [5.41, 5.74) is 5.72. The molecule has 0 aliphatic carbocycles. The standard InChI is InChI=1S/C12H9F2N3O/c13-8-4-9(14)6-10(5-8)18-11-3-7(12(15)16)1-2-17-11/h1-6H,(H3,15,16). The Morgan fingerprint density at radius 1 is 1.17 bits per heavy atom. The number of nitrogens with zero attached hydrogens (tertiary/aromatic N) is 1. The zero-order valence-electron chi connectivity index (χ0n) is 9.15. The molecular formula is C12H9F2N3O. The lowest BCUT2D eigenvalue weighted by atomic mass is 10.2. The van der Waals surface area contributed by atoms with E-state index in [1.165, 1.54) is 18.3 Å². The van der Waals surface area contributed by atoms with Crippen molar-refractivity contribution in [1.29, 1.82) is 5.41 Å². The molecule has 0 amide bonds. The quantitative estimate of drug-likeness (QED) is 0.648. The highest BCUT2D eigenvalue weighted by molar-refractivity contribution is 5.95. The van der Waals surface area contributed by atoms with Gasteiger partial charge in [-0.3, -0.25) is 5.41 Å². The second-order valence-electron chi connectivity index (χ2n) is 3.50. The van der Waals surface area contributed by atoms with E-state index in [1.54, 1.807) is 0 Å². The Hall–Kier alpha value is -2.50. The third-order valence-corrected chi connectivity index (χ3v) is 2.10. The number of hydrogen-bond acceptors (Lipinski definition) is 3. The maximum Gasteiger partial charge on any atom is 0.219 e. The van der Waals surface area contributed by atoms with E-state index in [1.807, 2.05) is 0 Å². The van der Waals surface area contributed by atoms with Crippen LogP contribution in [0.2, 0.25) is 0 Å². The molecule has 0 unspecified atom stereocenters. The third kappa shape index (κ3) is 2.79. The Bertz CT molecular complexity index is 581. The van der Waals surface area contributed by atoms with Crippen LogP contribution in [-0.2, 0) is 0 Å². The SMILES string of the molecule is N=C(N)c1ccnc(Oc2cc(F)cc(F)c2)c1. The van der Waals surface area contributed by atoms with Crippen LogP contribution in [0.4, 0.5) is 8.78 Å². The van der Waals surface area contributed by atoms with Crippen molar-refractivity contribution in [2.24, 2.45) is 5.73 Å². The summed E-state index contributed by atoms with van der Waals surface area (Å²) in [5.74, 6) is -1.54. The zero-order chi connectivity index (χ0) is 13.1. The average molecular weight is 249 g/mol. The van der Waals surface area contributed by atoms with Gasteiger partial charge in [0.05, 0.1) is 0 Å².